The Labute approximate surface area is 107 Å². The summed E-state index contributed by atoms with van der Waals surface area (Å²) in [4.78, 5) is 22.1. The number of nitrogens with one attached hydrogen (secondary N) is 2. The third-order valence-corrected chi connectivity index (χ3v) is 2.85. The van der Waals surface area contributed by atoms with Crippen molar-refractivity contribution < 1.29 is 9.59 Å². The van der Waals surface area contributed by atoms with Crippen molar-refractivity contribution in [1.29, 1.82) is 0 Å². The van der Waals surface area contributed by atoms with Crippen molar-refractivity contribution in [2.24, 2.45) is 0 Å². The Morgan fingerprint density at radius 3 is 2.83 bits per heavy atom. The van der Waals surface area contributed by atoms with E-state index in [9.17, 15) is 9.59 Å². The molecule has 0 aliphatic carbocycles. The smallest absolute Gasteiger partial charge is 0.275 e. The number of carbonyl (C=O) groups is 2. The molecule has 0 aliphatic heterocycles. The molecule has 7 heteroatoms. The van der Waals surface area contributed by atoms with Crippen LogP contribution in [0.15, 0.2) is 30.3 Å². The Morgan fingerprint density at radius 2 is 2.11 bits per heavy atom. The van der Waals surface area contributed by atoms with E-state index in [1.807, 2.05) is 30.3 Å². The number of anilines is 1. The van der Waals surface area contributed by atoms with Crippen LogP contribution in [-0.4, -0.2) is 21.9 Å². The van der Waals surface area contributed by atoms with Gasteiger partial charge in [-0.2, -0.15) is 0 Å². The lowest BCUT2D eigenvalue weighted by Crippen LogP contribution is -2.24. The summed E-state index contributed by atoms with van der Waals surface area (Å²) in [5.41, 5.74) is 1.11. The number of amides is 2. The van der Waals surface area contributed by atoms with Crippen LogP contribution in [0.5, 0.6) is 0 Å². The van der Waals surface area contributed by atoms with Crippen LogP contribution >= 0.6 is 11.5 Å². The molecule has 0 bridgehead atoms. The average molecular weight is 262 g/mol. The molecule has 0 radical (unpaired) electrons. The SMILES string of the molecule is O=CNc1snnc1C(=O)NCc1ccccc1. The molecule has 2 aromatic rings. The number of rotatable bonds is 5. The lowest BCUT2D eigenvalue weighted by atomic mass is 10.2. The summed E-state index contributed by atoms with van der Waals surface area (Å²) in [6.45, 7) is 0.401. The second-order valence-electron chi connectivity index (χ2n) is 3.38. The zero-order valence-electron chi connectivity index (χ0n) is 9.29. The van der Waals surface area contributed by atoms with Gasteiger partial charge in [0.1, 0.15) is 5.00 Å². The highest BCUT2D eigenvalue weighted by Gasteiger charge is 2.15. The van der Waals surface area contributed by atoms with Crippen molar-refractivity contribution in [2.45, 2.75) is 6.54 Å². The molecule has 1 aromatic heterocycles. The molecule has 6 nitrogen and oxygen atoms in total. The van der Waals surface area contributed by atoms with Gasteiger partial charge in [-0.3, -0.25) is 9.59 Å². The Bertz CT molecular complexity index is 541. The molecule has 0 aliphatic rings. The minimum Gasteiger partial charge on any atom is -0.346 e. The lowest BCUT2D eigenvalue weighted by Gasteiger charge is -2.03. The molecule has 2 amide bonds. The number of hydrogen-bond donors (Lipinski definition) is 2. The van der Waals surface area contributed by atoms with Crippen LogP contribution in [0.25, 0.3) is 0 Å². The van der Waals surface area contributed by atoms with Gasteiger partial charge >= 0.3 is 0 Å². The maximum Gasteiger partial charge on any atom is 0.275 e. The third kappa shape index (κ3) is 2.89. The molecule has 1 heterocycles. The zero-order chi connectivity index (χ0) is 12.8. The van der Waals surface area contributed by atoms with Gasteiger partial charge in [0.25, 0.3) is 5.91 Å². The van der Waals surface area contributed by atoms with Crippen LogP contribution in [0.1, 0.15) is 16.1 Å². The van der Waals surface area contributed by atoms with Crippen LogP contribution in [0, 0.1) is 0 Å². The van der Waals surface area contributed by atoms with Gasteiger partial charge in [0.2, 0.25) is 6.41 Å². The van der Waals surface area contributed by atoms with Crippen LogP contribution in [-0.2, 0) is 11.3 Å². The van der Waals surface area contributed by atoms with Gasteiger partial charge in [-0.25, -0.2) is 0 Å². The van der Waals surface area contributed by atoms with Gasteiger partial charge in [-0.15, -0.1) is 5.10 Å². The highest BCUT2D eigenvalue weighted by molar-refractivity contribution is 7.10. The second-order valence-corrected chi connectivity index (χ2v) is 4.14. The van der Waals surface area contributed by atoms with Gasteiger partial charge in [-0.1, -0.05) is 34.8 Å². The molecule has 0 saturated carbocycles. The van der Waals surface area contributed by atoms with E-state index < -0.39 is 0 Å². The molecule has 1 aromatic carbocycles. The van der Waals surface area contributed by atoms with Crippen molar-refractivity contribution in [3.05, 3.63) is 41.6 Å². The molecular formula is C11H10N4O2S. The highest BCUT2D eigenvalue weighted by Crippen LogP contribution is 2.16. The first-order valence-corrected chi connectivity index (χ1v) is 5.93. The minimum absolute atomic E-state index is 0.128. The quantitative estimate of drug-likeness (QED) is 0.788. The van der Waals surface area contributed by atoms with Crippen molar-refractivity contribution in [2.75, 3.05) is 5.32 Å². The first-order chi connectivity index (χ1) is 8.81. The fraction of sp³-hybridized carbons (Fsp3) is 0.0909. The molecular weight excluding hydrogens is 252 g/mol. The monoisotopic (exact) mass is 262 g/mol. The summed E-state index contributed by atoms with van der Waals surface area (Å²) in [6.07, 6.45) is 0.489. The molecule has 92 valence electrons. The highest BCUT2D eigenvalue weighted by atomic mass is 32.1. The molecule has 18 heavy (non-hydrogen) atoms. The van der Waals surface area contributed by atoms with E-state index in [0.717, 1.165) is 17.1 Å². The molecule has 2 rings (SSSR count). The van der Waals surface area contributed by atoms with Crippen LogP contribution in [0.2, 0.25) is 0 Å². The Morgan fingerprint density at radius 1 is 1.33 bits per heavy atom. The van der Waals surface area contributed by atoms with Crippen LogP contribution in [0.4, 0.5) is 5.00 Å². The average Bonchev–Trinajstić information content (AvgIpc) is 2.86. The maximum absolute atomic E-state index is 11.8. The van der Waals surface area contributed by atoms with Gasteiger partial charge < -0.3 is 10.6 Å². The second kappa shape index (κ2) is 5.87. The summed E-state index contributed by atoms with van der Waals surface area (Å²) >= 11 is 0.960. The van der Waals surface area contributed by atoms with E-state index in [2.05, 4.69) is 20.2 Å². The van der Waals surface area contributed by atoms with E-state index in [1.165, 1.54) is 0 Å². The predicted molar refractivity (Wildman–Crippen MR) is 67.2 cm³/mol. The predicted octanol–water partition coefficient (Wildman–Crippen LogP) is 1.04. The van der Waals surface area contributed by atoms with E-state index in [4.69, 9.17) is 0 Å². The molecule has 0 unspecified atom stereocenters. The van der Waals surface area contributed by atoms with Crippen LogP contribution < -0.4 is 10.6 Å². The summed E-state index contributed by atoms with van der Waals surface area (Å²) in [7, 11) is 0. The first kappa shape index (κ1) is 12.2. The van der Waals surface area contributed by atoms with E-state index >= 15 is 0 Å². The van der Waals surface area contributed by atoms with Gasteiger partial charge in [0.15, 0.2) is 5.69 Å². The fourth-order valence-electron chi connectivity index (χ4n) is 1.35. The van der Waals surface area contributed by atoms with E-state index in [1.54, 1.807) is 0 Å². The van der Waals surface area contributed by atoms with Gasteiger partial charge in [-0.05, 0) is 5.56 Å². The van der Waals surface area contributed by atoms with Crippen molar-refractivity contribution >= 4 is 28.9 Å². The Balaban J connectivity index is 1.99. The molecule has 0 saturated heterocycles. The standard InChI is InChI=1S/C11H10N4O2S/c16-7-13-11-9(14-15-18-11)10(17)12-6-8-4-2-1-3-5-8/h1-5,7H,6H2,(H,12,17)(H,13,16). The molecule has 0 atom stereocenters. The topological polar surface area (TPSA) is 84.0 Å². The summed E-state index contributed by atoms with van der Waals surface area (Å²) in [5, 5.41) is 9.12. The minimum atomic E-state index is -0.364. The molecule has 0 fully saturated rings. The zero-order valence-corrected chi connectivity index (χ0v) is 10.1. The van der Waals surface area contributed by atoms with E-state index in [-0.39, 0.29) is 11.6 Å². The Kier molecular flexibility index (Phi) is 3.98. The van der Waals surface area contributed by atoms with E-state index in [0.29, 0.717) is 18.0 Å². The first-order valence-electron chi connectivity index (χ1n) is 5.16. The summed E-state index contributed by atoms with van der Waals surface area (Å²) in [6, 6.07) is 9.51. The lowest BCUT2D eigenvalue weighted by molar-refractivity contribution is -0.105. The van der Waals surface area contributed by atoms with Crippen molar-refractivity contribution in [3.8, 4) is 0 Å². The number of benzene rings is 1. The molecule has 2 N–H and O–H groups in total. The Hall–Kier alpha value is -2.28. The number of carbonyl (C=O) groups excluding carboxylic acids is 2. The number of hydrogen-bond acceptors (Lipinski definition) is 5. The number of aromatic nitrogens is 2. The van der Waals surface area contributed by atoms with Gasteiger partial charge in [0, 0.05) is 18.1 Å². The van der Waals surface area contributed by atoms with Gasteiger partial charge in [0.05, 0.1) is 0 Å². The summed E-state index contributed by atoms with van der Waals surface area (Å²) in [5.74, 6) is -0.364. The number of nitrogens with zero attached hydrogens (tertiary/aromatic N) is 2. The normalized spacial score (nSPS) is 9.78. The molecule has 0 spiro atoms. The summed E-state index contributed by atoms with van der Waals surface area (Å²) < 4.78 is 3.63. The van der Waals surface area contributed by atoms with Crippen LogP contribution in [0.3, 0.4) is 0 Å². The fourth-order valence-corrected chi connectivity index (χ4v) is 1.87. The largest absolute Gasteiger partial charge is 0.346 e. The van der Waals surface area contributed by atoms with Crippen molar-refractivity contribution in [3.63, 3.8) is 0 Å². The maximum atomic E-state index is 11.8. The third-order valence-electron chi connectivity index (χ3n) is 2.19. The van der Waals surface area contributed by atoms with Crippen molar-refractivity contribution in [1.82, 2.24) is 14.9 Å².